The third-order valence-corrected chi connectivity index (χ3v) is 4.16. The first-order valence-corrected chi connectivity index (χ1v) is 7.92. The molecule has 0 bridgehead atoms. The van der Waals surface area contributed by atoms with E-state index in [1.54, 1.807) is 4.90 Å². The third-order valence-electron chi connectivity index (χ3n) is 4.16. The fourth-order valence-electron chi connectivity index (χ4n) is 2.98. The van der Waals surface area contributed by atoms with Crippen LogP contribution in [0, 0.1) is 0 Å². The highest BCUT2D eigenvalue weighted by atomic mass is 16.2. The molecule has 4 heteroatoms. The Morgan fingerprint density at radius 1 is 1.09 bits per heavy atom. The maximum absolute atomic E-state index is 12.6. The summed E-state index contributed by atoms with van der Waals surface area (Å²) in [6.07, 6.45) is 0.958. The van der Waals surface area contributed by atoms with E-state index in [-0.39, 0.29) is 11.8 Å². The van der Waals surface area contributed by atoms with Crippen LogP contribution in [0.4, 0.5) is 5.69 Å². The maximum Gasteiger partial charge on any atom is 0.243 e. The Kier molecular flexibility index (Phi) is 4.42. The van der Waals surface area contributed by atoms with Gasteiger partial charge in [0, 0.05) is 25.1 Å². The summed E-state index contributed by atoms with van der Waals surface area (Å²) in [7, 11) is 0. The Balaban J connectivity index is 1.76. The van der Waals surface area contributed by atoms with Gasteiger partial charge in [0.1, 0.15) is 6.04 Å². The van der Waals surface area contributed by atoms with Gasteiger partial charge in [-0.2, -0.15) is 0 Å². The molecule has 118 valence electrons. The largest absolute Gasteiger partial charge is 0.350 e. The summed E-state index contributed by atoms with van der Waals surface area (Å²) in [5.41, 5.74) is 2.96. The van der Waals surface area contributed by atoms with Crippen LogP contribution < -0.4 is 10.2 Å². The topological polar surface area (TPSA) is 49.4 Å². The van der Waals surface area contributed by atoms with Crippen molar-refractivity contribution in [3.63, 3.8) is 0 Å². The molecule has 1 aliphatic heterocycles. The lowest BCUT2D eigenvalue weighted by molar-refractivity contribution is -0.126. The van der Waals surface area contributed by atoms with Crippen LogP contribution in [0.25, 0.3) is 0 Å². The quantitative estimate of drug-likeness (QED) is 0.944. The second kappa shape index (κ2) is 6.65. The lowest BCUT2D eigenvalue weighted by Gasteiger charge is -2.24. The number of rotatable bonds is 4. The van der Waals surface area contributed by atoms with Crippen LogP contribution in [0.3, 0.4) is 0 Å². The van der Waals surface area contributed by atoms with Crippen molar-refractivity contribution < 1.29 is 9.59 Å². The molecule has 0 saturated heterocycles. The molecule has 0 spiro atoms. The van der Waals surface area contributed by atoms with Crippen LogP contribution in [-0.2, 0) is 22.6 Å². The highest BCUT2D eigenvalue weighted by Gasteiger charge is 2.37. The fraction of sp³-hybridized carbons (Fsp3) is 0.263. The van der Waals surface area contributed by atoms with Crippen molar-refractivity contribution in [3.8, 4) is 0 Å². The molecule has 0 saturated carbocycles. The van der Waals surface area contributed by atoms with Crippen LogP contribution >= 0.6 is 0 Å². The van der Waals surface area contributed by atoms with Gasteiger partial charge in [-0.1, -0.05) is 55.5 Å². The number of amides is 2. The smallest absolute Gasteiger partial charge is 0.243 e. The van der Waals surface area contributed by atoms with E-state index in [0.717, 1.165) is 16.8 Å². The lowest BCUT2D eigenvalue weighted by atomic mass is 10.1. The molecule has 0 aromatic heterocycles. The number of hydrogen-bond acceptors (Lipinski definition) is 2. The number of anilines is 1. The molecule has 0 radical (unpaired) electrons. The molecule has 0 aliphatic carbocycles. The average molecular weight is 308 g/mol. The van der Waals surface area contributed by atoms with Crippen molar-refractivity contribution in [3.05, 3.63) is 65.7 Å². The first-order chi connectivity index (χ1) is 11.2. The summed E-state index contributed by atoms with van der Waals surface area (Å²) in [5.74, 6) is -0.123. The Bertz CT molecular complexity index is 712. The van der Waals surface area contributed by atoms with Gasteiger partial charge in [-0.3, -0.25) is 14.5 Å². The first kappa shape index (κ1) is 15.3. The number of carbonyl (C=O) groups excluding carboxylic acids is 2. The average Bonchev–Trinajstić information content (AvgIpc) is 2.99. The molecular formula is C19H20N2O2. The molecule has 23 heavy (non-hydrogen) atoms. The van der Waals surface area contributed by atoms with Crippen LogP contribution in [0.15, 0.2) is 54.6 Å². The van der Waals surface area contributed by atoms with Gasteiger partial charge in [0.15, 0.2) is 0 Å². The molecule has 1 N–H and O–H groups in total. The van der Waals surface area contributed by atoms with E-state index in [1.807, 2.05) is 61.5 Å². The summed E-state index contributed by atoms with van der Waals surface area (Å²) in [5, 5.41) is 2.95. The van der Waals surface area contributed by atoms with Crippen molar-refractivity contribution in [2.45, 2.75) is 32.4 Å². The van der Waals surface area contributed by atoms with Gasteiger partial charge in [-0.25, -0.2) is 0 Å². The third kappa shape index (κ3) is 3.11. The van der Waals surface area contributed by atoms with Crippen molar-refractivity contribution in [1.82, 2.24) is 5.32 Å². The zero-order valence-electron chi connectivity index (χ0n) is 13.2. The van der Waals surface area contributed by atoms with Gasteiger partial charge in [-0.05, 0) is 17.2 Å². The number of para-hydroxylation sites is 1. The van der Waals surface area contributed by atoms with Gasteiger partial charge in [0.2, 0.25) is 11.8 Å². The number of nitrogens with zero attached hydrogens (tertiary/aromatic N) is 1. The number of nitrogens with one attached hydrogen (secondary N) is 1. The molecular weight excluding hydrogens is 288 g/mol. The van der Waals surface area contributed by atoms with Gasteiger partial charge in [0.05, 0.1) is 0 Å². The predicted molar refractivity (Wildman–Crippen MR) is 90.0 cm³/mol. The molecule has 2 aromatic carbocycles. The zero-order chi connectivity index (χ0) is 16.2. The molecule has 1 aliphatic rings. The highest BCUT2D eigenvalue weighted by Crippen LogP contribution is 2.32. The first-order valence-electron chi connectivity index (χ1n) is 7.92. The lowest BCUT2D eigenvalue weighted by Crippen LogP contribution is -2.47. The van der Waals surface area contributed by atoms with Crippen LogP contribution in [0.5, 0.6) is 0 Å². The van der Waals surface area contributed by atoms with Crippen LogP contribution in [0.2, 0.25) is 0 Å². The Morgan fingerprint density at radius 3 is 2.52 bits per heavy atom. The Morgan fingerprint density at radius 2 is 1.78 bits per heavy atom. The standard InChI is InChI=1S/C19H20N2O2/c1-2-18(22)21-16-11-7-6-10-15(16)12-17(21)19(23)20-13-14-8-4-3-5-9-14/h3-11,17H,2,12-13H2,1H3,(H,20,23). The number of hydrogen-bond donors (Lipinski definition) is 1. The minimum atomic E-state index is -0.455. The maximum atomic E-state index is 12.6. The Labute approximate surface area is 136 Å². The van der Waals surface area contributed by atoms with E-state index in [2.05, 4.69) is 5.32 Å². The second-order valence-electron chi connectivity index (χ2n) is 5.67. The summed E-state index contributed by atoms with van der Waals surface area (Å²) in [6, 6.07) is 17.1. The van der Waals surface area contributed by atoms with Crippen molar-refractivity contribution in [2.75, 3.05) is 4.90 Å². The zero-order valence-corrected chi connectivity index (χ0v) is 13.2. The molecule has 1 unspecified atom stereocenters. The van der Waals surface area contributed by atoms with Crippen molar-refractivity contribution in [1.29, 1.82) is 0 Å². The molecule has 2 aromatic rings. The molecule has 3 rings (SSSR count). The molecule has 1 heterocycles. The minimum absolute atomic E-state index is 0.0187. The van der Waals surface area contributed by atoms with E-state index in [0.29, 0.717) is 19.4 Å². The van der Waals surface area contributed by atoms with Gasteiger partial charge in [0.25, 0.3) is 0 Å². The molecule has 2 amide bonds. The van der Waals surface area contributed by atoms with Crippen LogP contribution in [-0.4, -0.2) is 17.9 Å². The van der Waals surface area contributed by atoms with E-state index in [1.165, 1.54) is 0 Å². The summed E-state index contributed by atoms with van der Waals surface area (Å²) >= 11 is 0. The van der Waals surface area contributed by atoms with Crippen molar-refractivity contribution >= 4 is 17.5 Å². The molecule has 1 atom stereocenters. The fourth-order valence-corrected chi connectivity index (χ4v) is 2.98. The van der Waals surface area contributed by atoms with Gasteiger partial charge in [-0.15, -0.1) is 0 Å². The van der Waals surface area contributed by atoms with E-state index in [4.69, 9.17) is 0 Å². The second-order valence-corrected chi connectivity index (χ2v) is 5.67. The van der Waals surface area contributed by atoms with Crippen LogP contribution in [0.1, 0.15) is 24.5 Å². The minimum Gasteiger partial charge on any atom is -0.350 e. The Hall–Kier alpha value is -2.62. The summed E-state index contributed by atoms with van der Waals surface area (Å²) < 4.78 is 0. The number of fused-ring (bicyclic) bond motifs is 1. The van der Waals surface area contributed by atoms with Crippen molar-refractivity contribution in [2.24, 2.45) is 0 Å². The molecule has 4 nitrogen and oxygen atoms in total. The SMILES string of the molecule is CCC(=O)N1c2ccccc2CC1C(=O)NCc1ccccc1. The molecule has 0 fully saturated rings. The number of benzene rings is 2. The normalized spacial score (nSPS) is 16.0. The summed E-state index contributed by atoms with van der Waals surface area (Å²) in [4.78, 5) is 26.6. The number of carbonyl (C=O) groups is 2. The van der Waals surface area contributed by atoms with E-state index in [9.17, 15) is 9.59 Å². The predicted octanol–water partition coefficient (Wildman–Crippen LogP) is 2.67. The summed E-state index contributed by atoms with van der Waals surface area (Å²) in [6.45, 7) is 2.29. The highest BCUT2D eigenvalue weighted by molar-refractivity contribution is 6.03. The van der Waals surface area contributed by atoms with Gasteiger partial charge < -0.3 is 5.32 Å². The van der Waals surface area contributed by atoms with E-state index >= 15 is 0 Å². The van der Waals surface area contributed by atoms with Gasteiger partial charge >= 0.3 is 0 Å². The van der Waals surface area contributed by atoms with E-state index < -0.39 is 6.04 Å². The monoisotopic (exact) mass is 308 g/mol.